The molecule has 0 amide bonds. The Morgan fingerprint density at radius 3 is 2.76 bits per heavy atom. The second kappa shape index (κ2) is 10.1. The normalized spacial score (nSPS) is 21.7. The molecule has 1 aliphatic carbocycles. The lowest BCUT2D eigenvalue weighted by molar-refractivity contribution is 0.412. The van der Waals surface area contributed by atoms with E-state index in [2.05, 4.69) is 27.3 Å². The van der Waals surface area contributed by atoms with E-state index in [1.54, 1.807) is 7.11 Å². The summed E-state index contributed by atoms with van der Waals surface area (Å²) in [6, 6.07) is 8.75. The SMILES string of the molecule is COc1ccccc1N1CCC(CN=C(N)NC2CCCCC2)C1.I. The van der Waals surface area contributed by atoms with Crippen LogP contribution >= 0.6 is 24.0 Å². The summed E-state index contributed by atoms with van der Waals surface area (Å²) in [6.07, 6.45) is 7.57. The van der Waals surface area contributed by atoms with Crippen molar-refractivity contribution >= 4 is 35.6 Å². The molecule has 25 heavy (non-hydrogen) atoms. The molecule has 1 aliphatic heterocycles. The molecule has 0 spiro atoms. The Morgan fingerprint density at radius 2 is 2.00 bits per heavy atom. The second-order valence-corrected chi connectivity index (χ2v) is 6.98. The second-order valence-electron chi connectivity index (χ2n) is 6.98. The summed E-state index contributed by atoms with van der Waals surface area (Å²) >= 11 is 0. The van der Waals surface area contributed by atoms with Crippen LogP contribution in [0.3, 0.4) is 0 Å². The molecule has 1 unspecified atom stereocenters. The largest absolute Gasteiger partial charge is 0.495 e. The molecule has 1 atom stereocenters. The number of aliphatic imine (C=N–C) groups is 1. The average Bonchev–Trinajstić information content (AvgIpc) is 3.09. The molecule has 2 fully saturated rings. The average molecular weight is 458 g/mol. The maximum absolute atomic E-state index is 6.08. The van der Waals surface area contributed by atoms with Crippen molar-refractivity contribution in [3.8, 4) is 5.75 Å². The van der Waals surface area contributed by atoms with Gasteiger partial charge in [-0.1, -0.05) is 31.4 Å². The highest BCUT2D eigenvalue weighted by Gasteiger charge is 2.24. The molecule has 3 rings (SSSR count). The first-order valence-corrected chi connectivity index (χ1v) is 9.20. The number of hydrogen-bond acceptors (Lipinski definition) is 3. The number of para-hydroxylation sites is 2. The van der Waals surface area contributed by atoms with Crippen LogP contribution in [0.15, 0.2) is 29.3 Å². The van der Waals surface area contributed by atoms with Crippen molar-refractivity contribution in [1.82, 2.24) is 5.32 Å². The van der Waals surface area contributed by atoms with Gasteiger partial charge in [-0.2, -0.15) is 0 Å². The van der Waals surface area contributed by atoms with Gasteiger partial charge < -0.3 is 20.7 Å². The van der Waals surface area contributed by atoms with Crippen LogP contribution < -0.4 is 20.7 Å². The molecule has 0 bridgehead atoms. The first-order chi connectivity index (χ1) is 11.8. The predicted octanol–water partition coefficient (Wildman–Crippen LogP) is 3.38. The quantitative estimate of drug-likeness (QED) is 0.404. The predicted molar refractivity (Wildman–Crippen MR) is 115 cm³/mol. The van der Waals surface area contributed by atoms with E-state index in [4.69, 9.17) is 10.5 Å². The minimum absolute atomic E-state index is 0. The van der Waals surface area contributed by atoms with Crippen molar-refractivity contribution in [2.45, 2.75) is 44.6 Å². The Hall–Kier alpha value is -1.18. The van der Waals surface area contributed by atoms with Gasteiger partial charge in [-0.3, -0.25) is 4.99 Å². The van der Waals surface area contributed by atoms with Crippen molar-refractivity contribution < 1.29 is 4.74 Å². The van der Waals surface area contributed by atoms with E-state index >= 15 is 0 Å². The highest BCUT2D eigenvalue weighted by atomic mass is 127. The molecular weight excluding hydrogens is 427 g/mol. The molecule has 2 aliphatic rings. The number of guanidine groups is 1. The Morgan fingerprint density at radius 1 is 1.24 bits per heavy atom. The van der Waals surface area contributed by atoms with Crippen molar-refractivity contribution in [2.24, 2.45) is 16.6 Å². The summed E-state index contributed by atoms with van der Waals surface area (Å²) < 4.78 is 5.48. The summed E-state index contributed by atoms with van der Waals surface area (Å²) in [4.78, 5) is 6.99. The van der Waals surface area contributed by atoms with Gasteiger partial charge in [0.25, 0.3) is 0 Å². The van der Waals surface area contributed by atoms with Crippen LogP contribution in [0.25, 0.3) is 0 Å². The molecule has 5 nitrogen and oxygen atoms in total. The fraction of sp³-hybridized carbons (Fsp3) is 0.632. The van der Waals surface area contributed by atoms with E-state index in [9.17, 15) is 0 Å². The third-order valence-electron chi connectivity index (χ3n) is 5.19. The molecule has 0 aromatic heterocycles. The lowest BCUT2D eigenvalue weighted by atomic mass is 9.96. The van der Waals surface area contributed by atoms with E-state index < -0.39 is 0 Å². The van der Waals surface area contributed by atoms with E-state index in [0.29, 0.717) is 17.9 Å². The van der Waals surface area contributed by atoms with Gasteiger partial charge >= 0.3 is 0 Å². The highest BCUT2D eigenvalue weighted by Crippen LogP contribution is 2.31. The van der Waals surface area contributed by atoms with E-state index in [0.717, 1.165) is 31.8 Å². The van der Waals surface area contributed by atoms with Crippen LogP contribution in [0.5, 0.6) is 5.75 Å². The maximum atomic E-state index is 6.08. The molecule has 0 radical (unpaired) electrons. The summed E-state index contributed by atoms with van der Waals surface area (Å²) in [5.41, 5.74) is 7.26. The Bertz CT molecular complexity index is 560. The van der Waals surface area contributed by atoms with E-state index in [-0.39, 0.29) is 24.0 Å². The molecule has 6 heteroatoms. The number of hydrogen-bond donors (Lipinski definition) is 2. The molecule has 1 aromatic carbocycles. The van der Waals surface area contributed by atoms with E-state index in [1.807, 2.05) is 12.1 Å². The smallest absolute Gasteiger partial charge is 0.188 e. The van der Waals surface area contributed by atoms with Crippen LogP contribution in [0.4, 0.5) is 5.69 Å². The molecule has 1 saturated carbocycles. The van der Waals surface area contributed by atoms with Gasteiger partial charge in [-0.15, -0.1) is 24.0 Å². The Labute approximate surface area is 168 Å². The number of nitrogens with zero attached hydrogens (tertiary/aromatic N) is 2. The standard InChI is InChI=1S/C19H30N4O.HI/c1-24-18-10-6-5-9-17(18)23-12-11-15(14-23)13-21-19(20)22-16-7-3-2-4-8-16;/h5-6,9-10,15-16H,2-4,7-8,11-14H2,1H3,(H3,20,21,22);1H. The fourth-order valence-corrected chi connectivity index (χ4v) is 3.82. The lowest BCUT2D eigenvalue weighted by Gasteiger charge is -2.23. The first-order valence-electron chi connectivity index (χ1n) is 9.20. The molecule has 1 heterocycles. The van der Waals surface area contributed by atoms with Crippen LogP contribution in [-0.4, -0.2) is 38.7 Å². The third-order valence-corrected chi connectivity index (χ3v) is 5.19. The number of nitrogens with one attached hydrogen (secondary N) is 1. The van der Waals surface area contributed by atoms with Gasteiger partial charge in [0.15, 0.2) is 5.96 Å². The highest BCUT2D eigenvalue weighted by molar-refractivity contribution is 14.0. The lowest BCUT2D eigenvalue weighted by Crippen LogP contribution is -2.41. The number of ether oxygens (including phenoxy) is 1. The van der Waals surface area contributed by atoms with Gasteiger partial charge in [0, 0.05) is 25.7 Å². The monoisotopic (exact) mass is 458 g/mol. The van der Waals surface area contributed by atoms with Gasteiger partial charge in [0.05, 0.1) is 12.8 Å². The number of methoxy groups -OCH3 is 1. The van der Waals surface area contributed by atoms with Crippen molar-refractivity contribution in [3.05, 3.63) is 24.3 Å². The fourth-order valence-electron chi connectivity index (χ4n) is 3.82. The molecule has 1 aromatic rings. The minimum Gasteiger partial charge on any atom is -0.495 e. The summed E-state index contributed by atoms with van der Waals surface area (Å²) in [5, 5.41) is 3.40. The molecule has 1 saturated heterocycles. The van der Waals surface area contributed by atoms with Crippen LogP contribution in [0.2, 0.25) is 0 Å². The number of halogens is 1. The maximum Gasteiger partial charge on any atom is 0.188 e. The van der Waals surface area contributed by atoms with Crippen molar-refractivity contribution in [3.63, 3.8) is 0 Å². The zero-order valence-corrected chi connectivity index (χ0v) is 17.4. The summed E-state index contributed by atoms with van der Waals surface area (Å²) in [7, 11) is 1.73. The summed E-state index contributed by atoms with van der Waals surface area (Å²) in [6.45, 7) is 2.87. The Kier molecular flexibility index (Phi) is 8.12. The number of rotatable bonds is 5. The zero-order chi connectivity index (χ0) is 16.8. The summed E-state index contributed by atoms with van der Waals surface area (Å²) in [5.74, 6) is 2.12. The van der Waals surface area contributed by atoms with Gasteiger partial charge in [0.2, 0.25) is 0 Å². The molecule has 3 N–H and O–H groups in total. The third kappa shape index (κ3) is 5.66. The van der Waals surface area contributed by atoms with E-state index in [1.165, 1.54) is 37.8 Å². The van der Waals surface area contributed by atoms with Gasteiger partial charge in [-0.25, -0.2) is 0 Å². The molecular formula is C19H31IN4O. The van der Waals surface area contributed by atoms with Crippen LogP contribution in [-0.2, 0) is 0 Å². The Balaban J connectivity index is 0.00000225. The van der Waals surface area contributed by atoms with Crippen LogP contribution in [0.1, 0.15) is 38.5 Å². The number of benzene rings is 1. The van der Waals surface area contributed by atoms with Crippen molar-refractivity contribution in [2.75, 3.05) is 31.6 Å². The number of anilines is 1. The minimum atomic E-state index is 0. The van der Waals surface area contributed by atoms with Crippen molar-refractivity contribution in [1.29, 1.82) is 0 Å². The molecule has 140 valence electrons. The number of nitrogens with two attached hydrogens (primary N) is 1. The van der Waals surface area contributed by atoms with Gasteiger partial charge in [0.1, 0.15) is 5.75 Å². The topological polar surface area (TPSA) is 62.9 Å². The first kappa shape index (κ1) is 20.1. The van der Waals surface area contributed by atoms with Crippen LogP contribution in [0, 0.1) is 5.92 Å². The zero-order valence-electron chi connectivity index (χ0n) is 15.1. The van der Waals surface area contributed by atoms with Gasteiger partial charge in [-0.05, 0) is 37.3 Å².